The third kappa shape index (κ3) is 6.20. The molecule has 0 fully saturated rings. The molecular weight excluding hydrogens is 424 g/mol. The highest BCUT2D eigenvalue weighted by atomic mass is 19.4. The second kappa shape index (κ2) is 10.5. The van der Waals surface area contributed by atoms with Crippen molar-refractivity contribution in [3.8, 4) is 11.5 Å². The third-order valence-corrected chi connectivity index (χ3v) is 4.91. The highest BCUT2D eigenvalue weighted by Crippen LogP contribution is 2.33. The van der Waals surface area contributed by atoms with E-state index in [4.69, 9.17) is 4.74 Å². The number of fused-ring (bicyclic) bond motifs is 1. The standard InChI is InChI=1S/C24H24F4N2O2/c1-16(11-13-29-14-12-25)30-23(31)18-5-10-21-17(15-18)3-2-4-22(21)32-20-8-6-19(7-9-20)24(26,27)28/h2-10,15-16,29H,11-14H2,1H3,(H,30,31). The SMILES string of the molecule is CC(CCNCCF)NC(=O)c1ccc2c(Oc3ccc(C(F)(F)F)cc3)cccc2c1. The average Bonchev–Trinajstić information content (AvgIpc) is 2.76. The number of carbonyl (C=O) groups excluding carboxylic acids is 1. The molecule has 3 rings (SSSR count). The van der Waals surface area contributed by atoms with Crippen molar-refractivity contribution in [3.05, 3.63) is 71.8 Å². The molecule has 0 heterocycles. The van der Waals surface area contributed by atoms with Crippen LogP contribution in [0.5, 0.6) is 11.5 Å². The van der Waals surface area contributed by atoms with Gasteiger partial charge in [-0.2, -0.15) is 13.2 Å². The van der Waals surface area contributed by atoms with Gasteiger partial charge in [0.2, 0.25) is 0 Å². The first kappa shape index (κ1) is 23.5. The number of amides is 1. The summed E-state index contributed by atoms with van der Waals surface area (Å²) >= 11 is 0. The first-order valence-electron chi connectivity index (χ1n) is 10.2. The van der Waals surface area contributed by atoms with Crippen molar-refractivity contribution in [2.75, 3.05) is 19.8 Å². The monoisotopic (exact) mass is 448 g/mol. The van der Waals surface area contributed by atoms with Crippen LogP contribution in [0.4, 0.5) is 17.6 Å². The van der Waals surface area contributed by atoms with Crippen LogP contribution in [0.15, 0.2) is 60.7 Å². The van der Waals surface area contributed by atoms with E-state index < -0.39 is 18.4 Å². The van der Waals surface area contributed by atoms with Crippen LogP contribution in [0.3, 0.4) is 0 Å². The number of carbonyl (C=O) groups is 1. The summed E-state index contributed by atoms with van der Waals surface area (Å²) in [5.74, 6) is 0.531. The topological polar surface area (TPSA) is 50.4 Å². The molecule has 3 aromatic carbocycles. The lowest BCUT2D eigenvalue weighted by Crippen LogP contribution is -2.35. The predicted octanol–water partition coefficient (Wildman–Crippen LogP) is 5.72. The molecule has 0 spiro atoms. The molecule has 0 aliphatic carbocycles. The largest absolute Gasteiger partial charge is 0.457 e. The summed E-state index contributed by atoms with van der Waals surface area (Å²) in [6.45, 7) is 2.35. The molecule has 170 valence electrons. The quantitative estimate of drug-likeness (QED) is 0.325. The molecule has 2 N–H and O–H groups in total. The Morgan fingerprint density at radius 3 is 2.47 bits per heavy atom. The minimum Gasteiger partial charge on any atom is -0.457 e. The summed E-state index contributed by atoms with van der Waals surface area (Å²) in [6, 6.07) is 14.8. The van der Waals surface area contributed by atoms with Crippen molar-refractivity contribution in [2.24, 2.45) is 0 Å². The first-order chi connectivity index (χ1) is 15.3. The van der Waals surface area contributed by atoms with E-state index in [0.29, 0.717) is 30.8 Å². The van der Waals surface area contributed by atoms with Crippen molar-refractivity contribution < 1.29 is 27.1 Å². The zero-order valence-electron chi connectivity index (χ0n) is 17.5. The van der Waals surface area contributed by atoms with E-state index in [0.717, 1.165) is 22.9 Å². The molecule has 3 aromatic rings. The van der Waals surface area contributed by atoms with Crippen molar-refractivity contribution in [1.82, 2.24) is 10.6 Å². The van der Waals surface area contributed by atoms with Gasteiger partial charge in [0.1, 0.15) is 18.2 Å². The molecular formula is C24H24F4N2O2. The number of rotatable bonds is 9. The van der Waals surface area contributed by atoms with Gasteiger partial charge < -0.3 is 15.4 Å². The maximum Gasteiger partial charge on any atom is 0.416 e. The van der Waals surface area contributed by atoms with Gasteiger partial charge in [0.25, 0.3) is 5.91 Å². The number of hydrogen-bond acceptors (Lipinski definition) is 3. The fourth-order valence-electron chi connectivity index (χ4n) is 3.21. The molecule has 8 heteroatoms. The molecule has 1 unspecified atom stereocenters. The Morgan fingerprint density at radius 2 is 1.78 bits per heavy atom. The summed E-state index contributed by atoms with van der Waals surface area (Å²) in [5, 5.41) is 7.35. The fourth-order valence-corrected chi connectivity index (χ4v) is 3.21. The highest BCUT2D eigenvalue weighted by Gasteiger charge is 2.30. The van der Waals surface area contributed by atoms with Crippen LogP contribution in [0.2, 0.25) is 0 Å². The lowest BCUT2D eigenvalue weighted by atomic mass is 10.1. The summed E-state index contributed by atoms with van der Waals surface area (Å²) in [5.41, 5.74) is -0.265. The third-order valence-electron chi connectivity index (χ3n) is 4.91. The molecule has 0 aliphatic rings. The van der Waals surface area contributed by atoms with Crippen LogP contribution >= 0.6 is 0 Å². The van der Waals surface area contributed by atoms with Crippen molar-refractivity contribution in [1.29, 1.82) is 0 Å². The van der Waals surface area contributed by atoms with E-state index in [1.807, 2.05) is 13.0 Å². The van der Waals surface area contributed by atoms with E-state index in [9.17, 15) is 22.4 Å². The Morgan fingerprint density at radius 1 is 1.03 bits per heavy atom. The number of benzene rings is 3. The number of alkyl halides is 4. The van der Waals surface area contributed by atoms with Crippen LogP contribution < -0.4 is 15.4 Å². The average molecular weight is 448 g/mol. The summed E-state index contributed by atoms with van der Waals surface area (Å²) in [6.07, 6.45) is -3.73. The Labute approximate surface area is 183 Å². The molecule has 0 saturated heterocycles. The Hall–Kier alpha value is -3.13. The lowest BCUT2D eigenvalue weighted by Gasteiger charge is -2.15. The van der Waals surface area contributed by atoms with Gasteiger partial charge in [-0.3, -0.25) is 4.79 Å². The van der Waals surface area contributed by atoms with E-state index in [2.05, 4.69) is 10.6 Å². The lowest BCUT2D eigenvalue weighted by molar-refractivity contribution is -0.137. The smallest absolute Gasteiger partial charge is 0.416 e. The molecule has 1 atom stereocenters. The summed E-state index contributed by atoms with van der Waals surface area (Å²) < 4.78 is 56.1. The van der Waals surface area contributed by atoms with E-state index in [-0.39, 0.29) is 17.7 Å². The molecule has 32 heavy (non-hydrogen) atoms. The second-order valence-corrected chi connectivity index (χ2v) is 7.42. The van der Waals surface area contributed by atoms with Crippen molar-refractivity contribution in [2.45, 2.75) is 25.6 Å². The van der Waals surface area contributed by atoms with Crippen molar-refractivity contribution in [3.63, 3.8) is 0 Å². The van der Waals surface area contributed by atoms with Crippen LogP contribution in [-0.4, -0.2) is 31.7 Å². The van der Waals surface area contributed by atoms with Gasteiger partial charge in [-0.25, -0.2) is 4.39 Å². The molecule has 1 amide bonds. The van der Waals surface area contributed by atoms with Gasteiger partial charge in [0, 0.05) is 23.5 Å². The van der Waals surface area contributed by atoms with Crippen LogP contribution in [0, 0.1) is 0 Å². The van der Waals surface area contributed by atoms with Crippen molar-refractivity contribution >= 4 is 16.7 Å². The summed E-state index contributed by atoms with van der Waals surface area (Å²) in [7, 11) is 0. The Balaban J connectivity index is 1.70. The van der Waals surface area contributed by atoms with Crippen LogP contribution in [0.25, 0.3) is 10.8 Å². The molecule has 0 bridgehead atoms. The molecule has 0 radical (unpaired) electrons. The number of nitrogens with one attached hydrogen (secondary N) is 2. The van der Waals surface area contributed by atoms with Gasteiger partial charge >= 0.3 is 6.18 Å². The fraction of sp³-hybridized carbons (Fsp3) is 0.292. The van der Waals surface area contributed by atoms with E-state index in [1.54, 1.807) is 30.3 Å². The highest BCUT2D eigenvalue weighted by molar-refractivity contribution is 6.00. The van der Waals surface area contributed by atoms with Gasteiger partial charge in [-0.05, 0) is 73.8 Å². The van der Waals surface area contributed by atoms with Gasteiger partial charge in [0.05, 0.1) is 5.56 Å². The minimum absolute atomic E-state index is 0.0837. The normalized spacial score (nSPS) is 12.5. The number of hydrogen-bond donors (Lipinski definition) is 2. The maximum absolute atomic E-state index is 12.7. The van der Waals surface area contributed by atoms with Crippen LogP contribution in [0.1, 0.15) is 29.3 Å². The zero-order chi connectivity index (χ0) is 23.1. The summed E-state index contributed by atoms with van der Waals surface area (Å²) in [4.78, 5) is 12.6. The van der Waals surface area contributed by atoms with Gasteiger partial charge in [-0.1, -0.05) is 12.1 Å². The molecule has 0 aromatic heterocycles. The van der Waals surface area contributed by atoms with E-state index >= 15 is 0 Å². The molecule has 0 aliphatic heterocycles. The Kier molecular flexibility index (Phi) is 7.69. The number of ether oxygens (including phenoxy) is 1. The first-order valence-corrected chi connectivity index (χ1v) is 10.2. The zero-order valence-corrected chi connectivity index (χ0v) is 17.5. The second-order valence-electron chi connectivity index (χ2n) is 7.42. The Bertz CT molecular complexity index is 1050. The predicted molar refractivity (Wildman–Crippen MR) is 116 cm³/mol. The molecule has 4 nitrogen and oxygen atoms in total. The van der Waals surface area contributed by atoms with E-state index in [1.165, 1.54) is 12.1 Å². The van der Waals surface area contributed by atoms with Crippen LogP contribution in [-0.2, 0) is 6.18 Å². The van der Waals surface area contributed by atoms with Gasteiger partial charge in [0.15, 0.2) is 0 Å². The minimum atomic E-state index is -4.41. The van der Waals surface area contributed by atoms with Gasteiger partial charge in [-0.15, -0.1) is 0 Å². The molecule has 0 saturated carbocycles. The maximum atomic E-state index is 12.7. The number of halogens is 4.